The van der Waals surface area contributed by atoms with Crippen molar-refractivity contribution in [3.63, 3.8) is 0 Å². The van der Waals surface area contributed by atoms with E-state index in [4.69, 9.17) is 0 Å². The van der Waals surface area contributed by atoms with Crippen LogP contribution in [0, 0.1) is 6.92 Å². The van der Waals surface area contributed by atoms with Crippen LogP contribution in [0.4, 0.5) is 0 Å². The Morgan fingerprint density at radius 3 is 1.73 bits per heavy atom. The Hall–Kier alpha value is -0.780. The summed E-state index contributed by atoms with van der Waals surface area (Å²) in [5.74, 6) is 0. The van der Waals surface area contributed by atoms with Gasteiger partial charge in [0.25, 0.3) is 0 Å². The lowest BCUT2D eigenvalue weighted by Gasteiger charge is -1.99. The first-order valence-corrected chi connectivity index (χ1v) is 6.38. The third kappa shape index (κ3) is 9.52. The summed E-state index contributed by atoms with van der Waals surface area (Å²) in [5, 5.41) is 0. The minimum absolute atomic E-state index is 1.23. The second-order valence-electron chi connectivity index (χ2n) is 3.09. The standard InChI is InChI=1S/C11H16.2C2H6/c1-3-4-5-11-8-6-10(2)7-9-11;2*1-2/h6-9H,3-5H2,1-2H3;2*1-2H3. The van der Waals surface area contributed by atoms with Crippen LogP contribution >= 0.6 is 0 Å². The Morgan fingerprint density at radius 2 is 1.33 bits per heavy atom. The van der Waals surface area contributed by atoms with Crippen LogP contribution in [0.3, 0.4) is 0 Å². The highest BCUT2D eigenvalue weighted by molar-refractivity contribution is 5.21. The van der Waals surface area contributed by atoms with Gasteiger partial charge in [-0.1, -0.05) is 70.9 Å². The summed E-state index contributed by atoms with van der Waals surface area (Å²) in [6, 6.07) is 8.83. The molecule has 0 aromatic heterocycles. The van der Waals surface area contributed by atoms with E-state index in [0.29, 0.717) is 0 Å². The molecule has 88 valence electrons. The Bertz CT molecular complexity index is 196. The molecule has 0 atom stereocenters. The van der Waals surface area contributed by atoms with Crippen molar-refractivity contribution < 1.29 is 0 Å². The molecule has 0 bridgehead atoms. The molecule has 0 saturated heterocycles. The fourth-order valence-corrected chi connectivity index (χ4v) is 1.14. The molecule has 0 unspecified atom stereocenters. The van der Waals surface area contributed by atoms with Gasteiger partial charge in [-0.05, 0) is 25.3 Å². The van der Waals surface area contributed by atoms with Gasteiger partial charge >= 0.3 is 0 Å². The molecule has 0 heteroatoms. The minimum atomic E-state index is 1.23. The van der Waals surface area contributed by atoms with Crippen LogP contribution in [0.25, 0.3) is 0 Å². The monoisotopic (exact) mass is 208 g/mol. The van der Waals surface area contributed by atoms with E-state index in [0.717, 1.165) is 0 Å². The number of unbranched alkanes of at least 4 members (excludes halogenated alkanes) is 1. The molecule has 0 aliphatic heterocycles. The molecule has 0 fully saturated rings. The van der Waals surface area contributed by atoms with Gasteiger partial charge in [0, 0.05) is 0 Å². The van der Waals surface area contributed by atoms with Crippen LogP contribution in [0.1, 0.15) is 58.6 Å². The molecule has 0 spiro atoms. The van der Waals surface area contributed by atoms with Crippen molar-refractivity contribution in [1.82, 2.24) is 0 Å². The lowest BCUT2D eigenvalue weighted by Crippen LogP contribution is -1.83. The molecule has 1 aromatic carbocycles. The van der Waals surface area contributed by atoms with E-state index in [1.165, 1.54) is 30.4 Å². The molecule has 0 N–H and O–H groups in total. The zero-order valence-electron chi connectivity index (χ0n) is 11.4. The van der Waals surface area contributed by atoms with Gasteiger partial charge in [-0.2, -0.15) is 0 Å². The predicted octanol–water partition coefficient (Wildman–Crippen LogP) is 5.39. The first kappa shape index (κ1) is 16.6. The first-order chi connectivity index (χ1) is 7.33. The normalized spacial score (nSPS) is 8.13. The van der Waals surface area contributed by atoms with E-state index in [9.17, 15) is 0 Å². The summed E-state index contributed by atoms with van der Waals surface area (Å²) in [4.78, 5) is 0. The fourth-order valence-electron chi connectivity index (χ4n) is 1.14. The molecule has 15 heavy (non-hydrogen) atoms. The Kier molecular flexibility index (Phi) is 14.7. The molecule has 0 aliphatic carbocycles. The van der Waals surface area contributed by atoms with Gasteiger partial charge in [-0.25, -0.2) is 0 Å². The smallest absolute Gasteiger partial charge is 0.0279 e. The van der Waals surface area contributed by atoms with Gasteiger partial charge in [0.2, 0.25) is 0 Å². The van der Waals surface area contributed by atoms with Gasteiger partial charge in [-0.15, -0.1) is 0 Å². The van der Waals surface area contributed by atoms with E-state index in [1.54, 1.807) is 0 Å². The summed E-state index contributed by atoms with van der Waals surface area (Å²) >= 11 is 0. The SMILES string of the molecule is CC.CC.CCCCc1ccc(C)cc1. The molecular formula is C15H28. The summed E-state index contributed by atoms with van der Waals surface area (Å²) in [6.07, 6.45) is 3.83. The number of benzene rings is 1. The zero-order chi connectivity index (χ0) is 12.1. The molecule has 1 rings (SSSR count). The number of hydrogen-bond acceptors (Lipinski definition) is 0. The number of aryl methyl sites for hydroxylation is 2. The van der Waals surface area contributed by atoms with E-state index < -0.39 is 0 Å². The van der Waals surface area contributed by atoms with Crippen molar-refractivity contribution in [2.45, 2.75) is 60.8 Å². The third-order valence-corrected chi connectivity index (χ3v) is 1.94. The number of hydrogen-bond donors (Lipinski definition) is 0. The van der Waals surface area contributed by atoms with Crippen molar-refractivity contribution >= 4 is 0 Å². The summed E-state index contributed by atoms with van der Waals surface area (Å²) in [7, 11) is 0. The molecule has 1 aromatic rings. The third-order valence-electron chi connectivity index (χ3n) is 1.94. The van der Waals surface area contributed by atoms with Gasteiger partial charge in [-0.3, -0.25) is 0 Å². The second kappa shape index (κ2) is 13.2. The maximum atomic E-state index is 2.23. The Morgan fingerprint density at radius 1 is 0.867 bits per heavy atom. The highest BCUT2D eigenvalue weighted by atomic mass is 14.0. The zero-order valence-corrected chi connectivity index (χ0v) is 11.4. The molecule has 0 amide bonds. The summed E-state index contributed by atoms with van der Waals surface area (Å²) in [6.45, 7) is 12.4. The van der Waals surface area contributed by atoms with E-state index in [1.807, 2.05) is 27.7 Å². The Balaban J connectivity index is 0. The van der Waals surface area contributed by atoms with Crippen LogP contribution in [-0.2, 0) is 6.42 Å². The van der Waals surface area contributed by atoms with Crippen LogP contribution < -0.4 is 0 Å². The molecule has 0 aliphatic rings. The largest absolute Gasteiger partial charge is 0.0683 e. The van der Waals surface area contributed by atoms with Crippen LogP contribution in [0.2, 0.25) is 0 Å². The molecule has 0 saturated carbocycles. The van der Waals surface area contributed by atoms with Gasteiger partial charge < -0.3 is 0 Å². The minimum Gasteiger partial charge on any atom is -0.0683 e. The van der Waals surface area contributed by atoms with Crippen molar-refractivity contribution in [2.24, 2.45) is 0 Å². The van der Waals surface area contributed by atoms with Crippen molar-refractivity contribution in [3.8, 4) is 0 Å². The van der Waals surface area contributed by atoms with Gasteiger partial charge in [0.15, 0.2) is 0 Å². The number of rotatable bonds is 3. The first-order valence-electron chi connectivity index (χ1n) is 6.38. The quantitative estimate of drug-likeness (QED) is 0.624. The highest BCUT2D eigenvalue weighted by Gasteiger charge is 1.90. The average Bonchev–Trinajstić information content (AvgIpc) is 2.34. The van der Waals surface area contributed by atoms with E-state index in [-0.39, 0.29) is 0 Å². The summed E-state index contributed by atoms with van der Waals surface area (Å²) in [5.41, 5.74) is 2.82. The van der Waals surface area contributed by atoms with Crippen LogP contribution in [0.5, 0.6) is 0 Å². The van der Waals surface area contributed by atoms with E-state index in [2.05, 4.69) is 38.1 Å². The van der Waals surface area contributed by atoms with Crippen molar-refractivity contribution in [1.29, 1.82) is 0 Å². The maximum Gasteiger partial charge on any atom is -0.0279 e. The highest BCUT2D eigenvalue weighted by Crippen LogP contribution is 2.06. The van der Waals surface area contributed by atoms with Gasteiger partial charge in [0.1, 0.15) is 0 Å². The van der Waals surface area contributed by atoms with E-state index >= 15 is 0 Å². The topological polar surface area (TPSA) is 0 Å². The van der Waals surface area contributed by atoms with Crippen molar-refractivity contribution in [2.75, 3.05) is 0 Å². The molecule has 0 heterocycles. The lowest BCUT2D eigenvalue weighted by molar-refractivity contribution is 0.795. The predicted molar refractivity (Wildman–Crippen MR) is 72.5 cm³/mol. The lowest BCUT2D eigenvalue weighted by atomic mass is 10.1. The Labute approximate surface area is 96.7 Å². The van der Waals surface area contributed by atoms with Gasteiger partial charge in [0.05, 0.1) is 0 Å². The molecular weight excluding hydrogens is 180 g/mol. The molecule has 0 radical (unpaired) electrons. The fraction of sp³-hybridized carbons (Fsp3) is 0.600. The summed E-state index contributed by atoms with van der Waals surface area (Å²) < 4.78 is 0. The van der Waals surface area contributed by atoms with Crippen LogP contribution in [0.15, 0.2) is 24.3 Å². The van der Waals surface area contributed by atoms with Crippen molar-refractivity contribution in [3.05, 3.63) is 35.4 Å². The molecule has 0 nitrogen and oxygen atoms in total. The second-order valence-corrected chi connectivity index (χ2v) is 3.09. The van der Waals surface area contributed by atoms with Crippen LogP contribution in [-0.4, -0.2) is 0 Å². The average molecular weight is 208 g/mol. The maximum absolute atomic E-state index is 2.23.